The van der Waals surface area contributed by atoms with Crippen LogP contribution in [0.15, 0.2) is 18.6 Å². The molecule has 2 saturated heterocycles. The summed E-state index contributed by atoms with van der Waals surface area (Å²) in [4.78, 5) is 25.5. The molecule has 1 amide bonds. The number of likely N-dealkylation sites (tertiary alicyclic amines) is 2. The summed E-state index contributed by atoms with van der Waals surface area (Å²) in [5, 5.41) is 0. The third-order valence-corrected chi connectivity index (χ3v) is 5.18. The Morgan fingerprint density at radius 1 is 1.09 bits per heavy atom. The van der Waals surface area contributed by atoms with Crippen molar-refractivity contribution in [3.05, 3.63) is 18.6 Å². The largest absolute Gasteiger partial charge is 0.473 e. The number of carbonyl (C=O) groups is 1. The van der Waals surface area contributed by atoms with Gasteiger partial charge in [-0.05, 0) is 32.2 Å². The number of hydrogen-bond donors (Lipinski definition) is 0. The van der Waals surface area contributed by atoms with E-state index in [9.17, 15) is 4.79 Å². The second kappa shape index (κ2) is 6.43. The molecular formula is C17H24N4O2. The zero-order valence-corrected chi connectivity index (χ0v) is 13.4. The Morgan fingerprint density at radius 2 is 1.91 bits per heavy atom. The van der Waals surface area contributed by atoms with Crippen molar-refractivity contribution in [2.24, 2.45) is 0 Å². The minimum absolute atomic E-state index is 0.138. The number of aromatic nitrogens is 2. The predicted molar refractivity (Wildman–Crippen MR) is 85.0 cm³/mol. The molecule has 0 aromatic carbocycles. The summed E-state index contributed by atoms with van der Waals surface area (Å²) in [5.41, 5.74) is 0. The first-order valence-corrected chi connectivity index (χ1v) is 8.78. The van der Waals surface area contributed by atoms with Crippen LogP contribution in [-0.2, 0) is 4.79 Å². The average Bonchev–Trinajstić information content (AvgIpc) is 3.33. The molecule has 1 unspecified atom stereocenters. The van der Waals surface area contributed by atoms with Crippen LogP contribution in [0.3, 0.4) is 0 Å². The summed E-state index contributed by atoms with van der Waals surface area (Å²) >= 11 is 0. The molecule has 0 radical (unpaired) electrons. The SMILES string of the molecule is O=C(C1CCCN1C1CC1)N1CCC(Oc2cnccn2)CC1. The first kappa shape index (κ1) is 14.9. The Balaban J connectivity index is 1.30. The molecule has 2 aliphatic heterocycles. The molecule has 0 spiro atoms. The Hall–Kier alpha value is -1.69. The van der Waals surface area contributed by atoms with E-state index in [1.807, 2.05) is 4.90 Å². The fraction of sp³-hybridized carbons (Fsp3) is 0.706. The second-order valence-corrected chi connectivity index (χ2v) is 6.81. The maximum absolute atomic E-state index is 12.8. The van der Waals surface area contributed by atoms with Gasteiger partial charge in [0.2, 0.25) is 11.8 Å². The van der Waals surface area contributed by atoms with Crippen molar-refractivity contribution < 1.29 is 9.53 Å². The van der Waals surface area contributed by atoms with Gasteiger partial charge in [0.15, 0.2) is 0 Å². The fourth-order valence-corrected chi connectivity index (χ4v) is 3.82. The van der Waals surface area contributed by atoms with Gasteiger partial charge in [0.05, 0.1) is 12.2 Å². The van der Waals surface area contributed by atoms with E-state index in [0.29, 0.717) is 17.8 Å². The van der Waals surface area contributed by atoms with E-state index in [0.717, 1.165) is 38.9 Å². The maximum Gasteiger partial charge on any atom is 0.239 e. The molecule has 1 aliphatic carbocycles. The summed E-state index contributed by atoms with van der Waals surface area (Å²) < 4.78 is 5.86. The molecule has 3 heterocycles. The van der Waals surface area contributed by atoms with E-state index < -0.39 is 0 Å². The third-order valence-electron chi connectivity index (χ3n) is 5.18. The smallest absolute Gasteiger partial charge is 0.239 e. The number of ether oxygens (including phenoxy) is 1. The Kier molecular flexibility index (Phi) is 4.16. The first-order valence-electron chi connectivity index (χ1n) is 8.78. The molecule has 23 heavy (non-hydrogen) atoms. The molecule has 0 bridgehead atoms. The first-order chi connectivity index (χ1) is 11.3. The molecule has 6 nitrogen and oxygen atoms in total. The summed E-state index contributed by atoms with van der Waals surface area (Å²) in [5.74, 6) is 0.917. The zero-order valence-electron chi connectivity index (χ0n) is 13.4. The molecule has 1 saturated carbocycles. The van der Waals surface area contributed by atoms with E-state index in [-0.39, 0.29) is 12.1 Å². The van der Waals surface area contributed by atoms with Crippen LogP contribution >= 0.6 is 0 Å². The van der Waals surface area contributed by atoms with Gasteiger partial charge in [-0.2, -0.15) is 0 Å². The Labute approximate surface area is 136 Å². The number of piperidine rings is 1. The van der Waals surface area contributed by atoms with Gasteiger partial charge in [-0.3, -0.25) is 14.7 Å². The van der Waals surface area contributed by atoms with Gasteiger partial charge in [-0.1, -0.05) is 0 Å². The number of carbonyl (C=O) groups excluding carboxylic acids is 1. The van der Waals surface area contributed by atoms with E-state index >= 15 is 0 Å². The normalized spacial score (nSPS) is 26.4. The van der Waals surface area contributed by atoms with Crippen molar-refractivity contribution in [3.8, 4) is 5.88 Å². The predicted octanol–water partition coefficient (Wildman–Crippen LogP) is 1.47. The molecule has 124 valence electrons. The minimum Gasteiger partial charge on any atom is -0.473 e. The highest BCUT2D eigenvalue weighted by molar-refractivity contribution is 5.82. The summed E-state index contributed by atoms with van der Waals surface area (Å²) in [6, 6.07) is 0.823. The van der Waals surface area contributed by atoms with E-state index in [1.165, 1.54) is 19.3 Å². The molecule has 3 aliphatic rings. The number of amides is 1. The van der Waals surface area contributed by atoms with Crippen molar-refractivity contribution in [1.82, 2.24) is 19.8 Å². The second-order valence-electron chi connectivity index (χ2n) is 6.81. The molecule has 3 fully saturated rings. The summed E-state index contributed by atoms with van der Waals surface area (Å²) in [7, 11) is 0. The van der Waals surface area contributed by atoms with Crippen molar-refractivity contribution in [2.75, 3.05) is 19.6 Å². The van der Waals surface area contributed by atoms with Crippen molar-refractivity contribution in [1.29, 1.82) is 0 Å². The average molecular weight is 316 g/mol. The number of rotatable bonds is 4. The molecule has 4 rings (SSSR count). The lowest BCUT2D eigenvalue weighted by atomic mass is 10.1. The summed E-state index contributed by atoms with van der Waals surface area (Å²) in [6.45, 7) is 2.69. The van der Waals surface area contributed by atoms with Gasteiger partial charge < -0.3 is 9.64 Å². The van der Waals surface area contributed by atoms with Gasteiger partial charge in [0.25, 0.3) is 0 Å². The maximum atomic E-state index is 12.8. The third kappa shape index (κ3) is 3.32. The quantitative estimate of drug-likeness (QED) is 0.842. The van der Waals surface area contributed by atoms with Crippen LogP contribution in [0, 0.1) is 0 Å². The van der Waals surface area contributed by atoms with Gasteiger partial charge in [0.1, 0.15) is 6.10 Å². The monoisotopic (exact) mass is 316 g/mol. The highest BCUT2D eigenvalue weighted by Crippen LogP contribution is 2.34. The van der Waals surface area contributed by atoms with Gasteiger partial charge >= 0.3 is 0 Å². The van der Waals surface area contributed by atoms with E-state index in [4.69, 9.17) is 4.74 Å². The van der Waals surface area contributed by atoms with Crippen molar-refractivity contribution >= 4 is 5.91 Å². The highest BCUT2D eigenvalue weighted by atomic mass is 16.5. The fourth-order valence-electron chi connectivity index (χ4n) is 3.82. The summed E-state index contributed by atoms with van der Waals surface area (Å²) in [6.07, 6.45) is 11.6. The van der Waals surface area contributed by atoms with E-state index in [2.05, 4.69) is 14.9 Å². The number of nitrogens with zero attached hydrogens (tertiary/aromatic N) is 4. The van der Waals surface area contributed by atoms with Crippen LogP contribution in [0.25, 0.3) is 0 Å². The van der Waals surface area contributed by atoms with Gasteiger partial charge in [-0.25, -0.2) is 4.98 Å². The molecule has 1 atom stereocenters. The van der Waals surface area contributed by atoms with Crippen LogP contribution < -0.4 is 4.74 Å². The molecule has 0 N–H and O–H groups in total. The van der Waals surface area contributed by atoms with Crippen LogP contribution in [-0.4, -0.2) is 63.5 Å². The van der Waals surface area contributed by atoms with Crippen LogP contribution in [0.1, 0.15) is 38.5 Å². The lowest BCUT2D eigenvalue weighted by Crippen LogP contribution is -2.50. The highest BCUT2D eigenvalue weighted by Gasteiger charge is 2.41. The zero-order chi connectivity index (χ0) is 15.6. The topological polar surface area (TPSA) is 58.6 Å². The van der Waals surface area contributed by atoms with Crippen LogP contribution in [0.2, 0.25) is 0 Å². The lowest BCUT2D eigenvalue weighted by Gasteiger charge is -2.35. The standard InChI is InChI=1S/C17H24N4O2/c22-17(15-2-1-9-21(15)13-3-4-13)20-10-5-14(6-11-20)23-16-12-18-7-8-19-16/h7-8,12-15H,1-6,9-11H2. The Bertz CT molecular complexity index is 541. The van der Waals surface area contributed by atoms with Gasteiger partial charge in [-0.15, -0.1) is 0 Å². The lowest BCUT2D eigenvalue weighted by molar-refractivity contribution is -0.138. The minimum atomic E-state index is 0.138. The van der Waals surface area contributed by atoms with Crippen LogP contribution in [0.5, 0.6) is 5.88 Å². The molecule has 1 aromatic heterocycles. The molecular weight excluding hydrogens is 292 g/mol. The Morgan fingerprint density at radius 3 is 2.61 bits per heavy atom. The number of hydrogen-bond acceptors (Lipinski definition) is 5. The molecule has 6 heteroatoms. The van der Waals surface area contributed by atoms with Gasteiger partial charge in [0, 0.05) is 44.4 Å². The molecule has 1 aromatic rings. The van der Waals surface area contributed by atoms with E-state index in [1.54, 1.807) is 18.6 Å². The van der Waals surface area contributed by atoms with Crippen molar-refractivity contribution in [2.45, 2.75) is 56.7 Å². The van der Waals surface area contributed by atoms with Crippen molar-refractivity contribution in [3.63, 3.8) is 0 Å². The van der Waals surface area contributed by atoms with Crippen LogP contribution in [0.4, 0.5) is 0 Å².